The van der Waals surface area contributed by atoms with E-state index in [1.807, 2.05) is 24.3 Å². The maximum absolute atomic E-state index is 13.0. The minimum absolute atomic E-state index is 0.110. The number of anilines is 1. The van der Waals surface area contributed by atoms with Gasteiger partial charge < -0.3 is 9.84 Å². The monoisotopic (exact) mass is 391 g/mol. The van der Waals surface area contributed by atoms with Crippen LogP contribution in [0.25, 0.3) is 0 Å². The Morgan fingerprint density at radius 3 is 2.81 bits per heavy atom. The highest BCUT2D eigenvalue weighted by Gasteiger charge is 2.36. The molecular weight excluding hydrogens is 366 g/mol. The second-order valence-corrected chi connectivity index (χ2v) is 8.77. The van der Waals surface area contributed by atoms with Gasteiger partial charge >= 0.3 is 0 Å². The van der Waals surface area contributed by atoms with Gasteiger partial charge in [0.25, 0.3) is 0 Å². The summed E-state index contributed by atoms with van der Waals surface area (Å²) < 4.78 is 32.4. The van der Waals surface area contributed by atoms with Gasteiger partial charge in [-0.15, -0.1) is 0 Å². The number of amides is 1. The summed E-state index contributed by atoms with van der Waals surface area (Å²) in [5.74, 6) is -0.267. The molecule has 1 aromatic carbocycles. The van der Waals surface area contributed by atoms with Crippen LogP contribution in [0, 0.1) is 19.8 Å². The molecule has 1 atom stereocenters. The van der Waals surface area contributed by atoms with Crippen molar-refractivity contribution in [2.24, 2.45) is 5.92 Å². The van der Waals surface area contributed by atoms with Gasteiger partial charge in [0.1, 0.15) is 10.6 Å². The minimum Gasteiger partial charge on any atom is -0.360 e. The summed E-state index contributed by atoms with van der Waals surface area (Å²) in [6.07, 6.45) is 2.18. The summed E-state index contributed by atoms with van der Waals surface area (Å²) >= 11 is 0. The normalized spacial score (nSPS) is 18.4. The largest absolute Gasteiger partial charge is 0.360 e. The van der Waals surface area contributed by atoms with Gasteiger partial charge in [0.05, 0.1) is 5.92 Å². The second kappa shape index (κ2) is 7.82. The number of carbonyl (C=O) groups is 1. The Morgan fingerprint density at radius 1 is 1.37 bits per heavy atom. The number of sulfonamides is 1. The summed E-state index contributed by atoms with van der Waals surface area (Å²) in [7, 11) is -3.73. The van der Waals surface area contributed by atoms with Crippen molar-refractivity contribution in [2.75, 3.05) is 18.4 Å². The first-order valence-corrected chi connectivity index (χ1v) is 10.6. The van der Waals surface area contributed by atoms with Crippen molar-refractivity contribution >= 4 is 21.6 Å². The standard InChI is InChI=1S/C19H25N3O4S/c1-4-15-7-5-9-17(11-15)20-19(23)16-8-6-10-22(12-16)27(24,25)18-13(2)21-26-14(18)3/h5,7,9,11,16H,4,6,8,10,12H2,1-3H3,(H,20,23)/t16-/m0/s1. The lowest BCUT2D eigenvalue weighted by Crippen LogP contribution is -2.43. The molecular formula is C19H25N3O4S. The predicted molar refractivity (Wildman–Crippen MR) is 102 cm³/mol. The molecule has 8 heteroatoms. The Labute approximate surface area is 159 Å². The van der Waals surface area contributed by atoms with E-state index in [1.165, 1.54) is 4.31 Å². The zero-order valence-electron chi connectivity index (χ0n) is 15.9. The molecule has 3 rings (SSSR count). The predicted octanol–water partition coefficient (Wildman–Crippen LogP) is 2.89. The lowest BCUT2D eigenvalue weighted by molar-refractivity contribution is -0.120. The Balaban J connectivity index is 1.74. The number of carbonyl (C=O) groups excluding carboxylic acids is 1. The van der Waals surface area contributed by atoms with Crippen LogP contribution in [0.2, 0.25) is 0 Å². The summed E-state index contributed by atoms with van der Waals surface area (Å²) in [6, 6.07) is 7.70. The first-order chi connectivity index (χ1) is 12.8. The number of aryl methyl sites for hydroxylation is 3. The molecule has 2 aromatic rings. The molecule has 0 spiro atoms. The molecule has 1 fully saturated rings. The molecule has 0 saturated carbocycles. The maximum atomic E-state index is 13.0. The van der Waals surface area contributed by atoms with Gasteiger partial charge in [-0.3, -0.25) is 4.79 Å². The number of nitrogens with one attached hydrogen (secondary N) is 1. The van der Waals surface area contributed by atoms with E-state index < -0.39 is 10.0 Å². The SMILES string of the molecule is CCc1cccc(NC(=O)[C@H]2CCCN(S(=O)(=O)c3c(C)noc3C)C2)c1. The molecule has 1 aromatic heterocycles. The Hall–Kier alpha value is -2.19. The lowest BCUT2D eigenvalue weighted by atomic mass is 9.98. The molecule has 0 unspecified atom stereocenters. The average Bonchev–Trinajstić information content (AvgIpc) is 3.01. The number of piperidine rings is 1. The van der Waals surface area contributed by atoms with Crippen molar-refractivity contribution in [1.29, 1.82) is 0 Å². The van der Waals surface area contributed by atoms with Crippen molar-refractivity contribution in [3.05, 3.63) is 41.3 Å². The smallest absolute Gasteiger partial charge is 0.248 e. The molecule has 1 saturated heterocycles. The number of benzene rings is 1. The van der Waals surface area contributed by atoms with Crippen molar-refractivity contribution in [2.45, 2.75) is 44.9 Å². The van der Waals surface area contributed by atoms with E-state index in [9.17, 15) is 13.2 Å². The van der Waals surface area contributed by atoms with Crippen LogP contribution in [0.1, 0.15) is 36.8 Å². The van der Waals surface area contributed by atoms with Gasteiger partial charge in [-0.1, -0.05) is 24.2 Å². The zero-order valence-corrected chi connectivity index (χ0v) is 16.7. The number of aromatic nitrogens is 1. The van der Waals surface area contributed by atoms with Gasteiger partial charge in [0, 0.05) is 18.8 Å². The molecule has 0 aliphatic carbocycles. The third kappa shape index (κ3) is 4.06. The molecule has 146 valence electrons. The lowest BCUT2D eigenvalue weighted by Gasteiger charge is -2.31. The second-order valence-electron chi connectivity index (χ2n) is 6.90. The maximum Gasteiger partial charge on any atom is 0.248 e. The molecule has 1 N–H and O–H groups in total. The highest BCUT2D eigenvalue weighted by molar-refractivity contribution is 7.89. The van der Waals surface area contributed by atoms with Crippen LogP contribution >= 0.6 is 0 Å². The van der Waals surface area contributed by atoms with Gasteiger partial charge in [-0.2, -0.15) is 4.31 Å². The fourth-order valence-corrected chi connectivity index (χ4v) is 5.28. The van der Waals surface area contributed by atoms with Crippen molar-refractivity contribution in [1.82, 2.24) is 9.46 Å². The van der Waals surface area contributed by atoms with Gasteiger partial charge in [0.15, 0.2) is 5.76 Å². The molecule has 1 amide bonds. The fraction of sp³-hybridized carbons (Fsp3) is 0.474. The molecule has 2 heterocycles. The van der Waals surface area contributed by atoms with Crippen LogP contribution in [0.15, 0.2) is 33.7 Å². The van der Waals surface area contributed by atoms with Crippen LogP contribution in [0.4, 0.5) is 5.69 Å². The van der Waals surface area contributed by atoms with Crippen LogP contribution in [-0.4, -0.2) is 36.9 Å². The van der Waals surface area contributed by atoms with Crippen molar-refractivity contribution < 1.29 is 17.7 Å². The summed E-state index contributed by atoms with van der Waals surface area (Å²) in [5, 5.41) is 6.67. The van der Waals surface area contributed by atoms with Gasteiger partial charge in [0.2, 0.25) is 15.9 Å². The highest BCUT2D eigenvalue weighted by Crippen LogP contribution is 2.28. The summed E-state index contributed by atoms with van der Waals surface area (Å²) in [5.41, 5.74) is 2.22. The molecule has 1 aliphatic heterocycles. The fourth-order valence-electron chi connectivity index (χ4n) is 3.46. The third-order valence-corrected chi connectivity index (χ3v) is 7.03. The van der Waals surface area contributed by atoms with E-state index in [2.05, 4.69) is 17.4 Å². The topological polar surface area (TPSA) is 92.5 Å². The van der Waals surface area contributed by atoms with E-state index in [-0.39, 0.29) is 29.0 Å². The quantitative estimate of drug-likeness (QED) is 0.846. The first-order valence-electron chi connectivity index (χ1n) is 9.15. The van der Waals surface area contributed by atoms with Crippen LogP contribution in [0.3, 0.4) is 0 Å². The van der Waals surface area contributed by atoms with Crippen LogP contribution in [0.5, 0.6) is 0 Å². The van der Waals surface area contributed by atoms with E-state index >= 15 is 0 Å². The van der Waals surface area contributed by atoms with E-state index in [1.54, 1.807) is 13.8 Å². The van der Waals surface area contributed by atoms with Crippen molar-refractivity contribution in [3.8, 4) is 0 Å². The number of hydrogen-bond acceptors (Lipinski definition) is 5. The molecule has 1 aliphatic rings. The van der Waals surface area contributed by atoms with E-state index in [4.69, 9.17) is 4.52 Å². The Morgan fingerprint density at radius 2 is 2.15 bits per heavy atom. The van der Waals surface area contributed by atoms with Crippen molar-refractivity contribution in [3.63, 3.8) is 0 Å². The van der Waals surface area contributed by atoms with Crippen LogP contribution in [-0.2, 0) is 21.2 Å². The van der Waals surface area contributed by atoms with E-state index in [0.29, 0.717) is 25.1 Å². The molecule has 0 bridgehead atoms. The molecule has 7 nitrogen and oxygen atoms in total. The highest BCUT2D eigenvalue weighted by atomic mass is 32.2. The Kier molecular flexibility index (Phi) is 5.67. The van der Waals surface area contributed by atoms with Crippen LogP contribution < -0.4 is 5.32 Å². The first kappa shape index (κ1) is 19.6. The number of nitrogens with zero attached hydrogens (tertiary/aromatic N) is 2. The van der Waals surface area contributed by atoms with Gasteiger partial charge in [-0.25, -0.2) is 8.42 Å². The van der Waals surface area contributed by atoms with Gasteiger partial charge in [-0.05, 0) is 50.8 Å². The summed E-state index contributed by atoms with van der Waals surface area (Å²) in [6.45, 7) is 5.80. The third-order valence-electron chi connectivity index (χ3n) is 4.92. The molecule has 0 radical (unpaired) electrons. The van der Waals surface area contributed by atoms with E-state index in [0.717, 1.165) is 17.7 Å². The summed E-state index contributed by atoms with van der Waals surface area (Å²) in [4.78, 5) is 12.8. The number of rotatable bonds is 5. The zero-order chi connectivity index (χ0) is 19.6. The molecule has 27 heavy (non-hydrogen) atoms. The average molecular weight is 391 g/mol. The Bertz CT molecular complexity index is 917. The minimum atomic E-state index is -3.73. The number of hydrogen-bond donors (Lipinski definition) is 1.